The van der Waals surface area contributed by atoms with E-state index in [0.29, 0.717) is 0 Å². The predicted octanol–water partition coefficient (Wildman–Crippen LogP) is 7.89. The van der Waals surface area contributed by atoms with Crippen molar-refractivity contribution in [3.8, 4) is 0 Å². The van der Waals surface area contributed by atoms with Crippen molar-refractivity contribution in [1.29, 1.82) is 0 Å². The minimum atomic E-state index is 0. The van der Waals surface area contributed by atoms with Gasteiger partial charge in [-0.3, -0.25) is 0 Å². The van der Waals surface area contributed by atoms with Crippen LogP contribution in [0.5, 0.6) is 0 Å². The van der Waals surface area contributed by atoms with E-state index < -0.39 is 0 Å². The Kier molecular flexibility index (Phi) is 116. The molecule has 0 nitrogen and oxygen atoms in total. The predicted molar refractivity (Wildman–Crippen MR) is 104 cm³/mol. The van der Waals surface area contributed by atoms with Crippen molar-refractivity contribution < 1.29 is 131 Å². The molecule has 2 rings (SSSR count). The molecule has 4 radical (unpaired) electrons. The van der Waals surface area contributed by atoms with Crippen LogP contribution in [-0.4, -0.2) is 0 Å². The minimum absolute atomic E-state index is 0. The molecule has 1 aromatic carbocycles. The standard InChI is InChI=1S/C10H12.C3H8.3C2H6.C2H5.4Y/c1-2-6-10-8-4-3-7-9(10)5-1;1-3-2;4*1-2;;;;/h1-2,5-6H,3-4,7-8H2;3H2,1-2H3;3*1-2H3;1H2,2H3;;;;/q;;;;;-1;;;;. The minimum Gasteiger partial charge on any atom is -0.346 e. The number of hydrogen-bond acceptors (Lipinski definition) is 0. The first-order valence-corrected chi connectivity index (χ1v) is 9.16. The SMILES string of the molecule is CC.CC.CC.CCC.[CH2-]C.[Y].[Y].[Y].[Y].c1ccc2c(c1)CCCC2. The summed E-state index contributed by atoms with van der Waals surface area (Å²) >= 11 is 0. The Balaban J connectivity index is -0.0000000283. The van der Waals surface area contributed by atoms with Gasteiger partial charge in [0.05, 0.1) is 0 Å². The van der Waals surface area contributed by atoms with Crippen molar-refractivity contribution in [2.45, 2.75) is 94.4 Å². The van der Waals surface area contributed by atoms with Gasteiger partial charge in [-0.15, -0.1) is 0 Å². The molecular weight excluding hydrogens is 608 g/mol. The van der Waals surface area contributed by atoms with Gasteiger partial charge in [0.1, 0.15) is 0 Å². The Bertz CT molecular complexity index is 228. The van der Waals surface area contributed by atoms with Crippen LogP contribution < -0.4 is 0 Å². The molecule has 140 valence electrons. The van der Waals surface area contributed by atoms with Crippen molar-refractivity contribution in [3.05, 3.63) is 42.3 Å². The fourth-order valence-corrected chi connectivity index (χ4v) is 1.68. The molecule has 0 atom stereocenters. The van der Waals surface area contributed by atoms with Gasteiger partial charge in [-0.1, -0.05) is 86.1 Å². The summed E-state index contributed by atoms with van der Waals surface area (Å²) in [4.78, 5) is 0. The first-order chi connectivity index (χ1) is 10.4. The van der Waals surface area contributed by atoms with Crippen LogP contribution in [0.25, 0.3) is 0 Å². The maximum absolute atomic E-state index is 3.25. The van der Waals surface area contributed by atoms with Gasteiger partial charge in [0.25, 0.3) is 0 Å². The monoisotopic (exact) mass is 651 g/mol. The summed E-state index contributed by atoms with van der Waals surface area (Å²) in [7, 11) is 0. The van der Waals surface area contributed by atoms with Crippen LogP contribution in [0.4, 0.5) is 0 Å². The molecule has 4 heteroatoms. The number of rotatable bonds is 0. The van der Waals surface area contributed by atoms with E-state index in [1.165, 1.54) is 32.1 Å². The number of hydrogen-bond donors (Lipinski definition) is 0. The molecule has 0 amide bonds. The maximum Gasteiger partial charge on any atom is 0 e. The Morgan fingerprint density at radius 1 is 0.640 bits per heavy atom. The summed E-state index contributed by atoms with van der Waals surface area (Å²) < 4.78 is 0. The second kappa shape index (κ2) is 56.5. The van der Waals surface area contributed by atoms with Crippen LogP contribution in [-0.2, 0) is 144 Å². The summed E-state index contributed by atoms with van der Waals surface area (Å²) in [5.74, 6) is 0. The normalized spacial score (nSPS) is 8.24. The van der Waals surface area contributed by atoms with Gasteiger partial charge < -0.3 is 6.92 Å². The molecule has 1 aromatic rings. The fraction of sp³-hybridized carbons (Fsp3) is 0.667. The third-order valence-electron chi connectivity index (χ3n) is 2.26. The average Bonchev–Trinajstić information content (AvgIpc) is 2.63. The van der Waals surface area contributed by atoms with Gasteiger partial charge >= 0.3 is 0 Å². The van der Waals surface area contributed by atoms with Gasteiger partial charge in [-0.05, 0) is 36.8 Å². The molecule has 0 saturated carbocycles. The van der Waals surface area contributed by atoms with E-state index in [0.717, 1.165) is 0 Å². The molecule has 0 aliphatic heterocycles. The van der Waals surface area contributed by atoms with Gasteiger partial charge in [-0.2, -0.15) is 6.92 Å². The first-order valence-electron chi connectivity index (χ1n) is 9.16. The van der Waals surface area contributed by atoms with Crippen LogP contribution in [0.3, 0.4) is 0 Å². The van der Waals surface area contributed by atoms with E-state index in [9.17, 15) is 0 Å². The van der Waals surface area contributed by atoms with Crippen molar-refractivity contribution in [2.24, 2.45) is 0 Å². The Labute approximate surface area is 262 Å². The third kappa shape index (κ3) is 38.8. The molecular formula is C21H43Y4-. The summed E-state index contributed by atoms with van der Waals surface area (Å²) in [6.45, 7) is 21.2. The quantitative estimate of drug-likeness (QED) is 0.251. The molecule has 0 spiro atoms. The summed E-state index contributed by atoms with van der Waals surface area (Å²) in [6, 6.07) is 8.80. The number of aryl methyl sites for hydroxylation is 2. The Morgan fingerprint density at radius 3 is 1.04 bits per heavy atom. The van der Waals surface area contributed by atoms with Gasteiger partial charge in [-0.25, -0.2) is 0 Å². The molecule has 0 N–H and O–H groups in total. The zero-order valence-corrected chi connectivity index (χ0v) is 30.2. The largest absolute Gasteiger partial charge is 0.346 e. The Hall–Kier alpha value is 3.64. The molecule has 0 saturated heterocycles. The van der Waals surface area contributed by atoms with Crippen molar-refractivity contribution in [2.75, 3.05) is 0 Å². The average molecular weight is 651 g/mol. The summed E-state index contributed by atoms with van der Waals surface area (Å²) in [6.07, 6.45) is 6.63. The zero-order valence-electron chi connectivity index (χ0n) is 18.9. The summed E-state index contributed by atoms with van der Waals surface area (Å²) in [5, 5.41) is 0. The van der Waals surface area contributed by atoms with E-state index in [1.54, 1.807) is 18.1 Å². The van der Waals surface area contributed by atoms with E-state index in [4.69, 9.17) is 0 Å². The second-order valence-electron chi connectivity index (χ2n) is 3.68. The number of fused-ring (bicyclic) bond motifs is 1. The first kappa shape index (κ1) is 51.4. The number of benzene rings is 1. The van der Waals surface area contributed by atoms with Crippen LogP contribution >= 0.6 is 0 Å². The fourth-order valence-electron chi connectivity index (χ4n) is 1.68. The second-order valence-corrected chi connectivity index (χ2v) is 3.68. The van der Waals surface area contributed by atoms with E-state index >= 15 is 0 Å². The topological polar surface area (TPSA) is 0 Å². The van der Waals surface area contributed by atoms with Crippen molar-refractivity contribution >= 4 is 0 Å². The van der Waals surface area contributed by atoms with E-state index in [1.807, 2.05) is 41.5 Å². The molecule has 0 aromatic heterocycles. The molecule has 0 fully saturated rings. The maximum atomic E-state index is 3.25. The van der Waals surface area contributed by atoms with E-state index in [2.05, 4.69) is 45.0 Å². The molecule has 25 heavy (non-hydrogen) atoms. The van der Waals surface area contributed by atoms with Gasteiger partial charge in [0.2, 0.25) is 0 Å². The summed E-state index contributed by atoms with van der Waals surface area (Å²) in [5.41, 5.74) is 3.16. The zero-order chi connectivity index (χ0) is 17.5. The Morgan fingerprint density at radius 2 is 0.840 bits per heavy atom. The van der Waals surface area contributed by atoms with Crippen LogP contribution in [0, 0.1) is 6.92 Å². The van der Waals surface area contributed by atoms with E-state index in [-0.39, 0.29) is 131 Å². The molecule has 0 unspecified atom stereocenters. The molecule has 0 heterocycles. The molecule has 1 aliphatic rings. The smallest absolute Gasteiger partial charge is 0 e. The van der Waals surface area contributed by atoms with Gasteiger partial charge in [0, 0.05) is 131 Å². The third-order valence-corrected chi connectivity index (χ3v) is 2.26. The molecule has 1 aliphatic carbocycles. The van der Waals surface area contributed by atoms with Crippen LogP contribution in [0.2, 0.25) is 0 Å². The molecule has 0 bridgehead atoms. The van der Waals surface area contributed by atoms with Crippen molar-refractivity contribution in [1.82, 2.24) is 0 Å². The van der Waals surface area contributed by atoms with Crippen LogP contribution in [0.1, 0.15) is 92.7 Å². The van der Waals surface area contributed by atoms with Crippen molar-refractivity contribution in [3.63, 3.8) is 0 Å². The van der Waals surface area contributed by atoms with Gasteiger partial charge in [0.15, 0.2) is 0 Å². The van der Waals surface area contributed by atoms with Crippen LogP contribution in [0.15, 0.2) is 24.3 Å².